The van der Waals surface area contributed by atoms with Crippen molar-refractivity contribution in [1.82, 2.24) is 15.8 Å². The van der Waals surface area contributed by atoms with Crippen LogP contribution in [0, 0.1) is 0 Å². The molecule has 0 radical (unpaired) electrons. The van der Waals surface area contributed by atoms with Crippen LogP contribution in [-0.4, -0.2) is 21.4 Å². The van der Waals surface area contributed by atoms with Crippen LogP contribution in [0.2, 0.25) is 0 Å². The zero-order valence-corrected chi connectivity index (χ0v) is 15.2. The lowest BCUT2D eigenvalue weighted by molar-refractivity contribution is 0.234. The van der Waals surface area contributed by atoms with Crippen LogP contribution in [0.5, 0.6) is 0 Å². The summed E-state index contributed by atoms with van der Waals surface area (Å²) in [4.78, 5) is 4.30. The molecule has 7 nitrogen and oxygen atoms in total. The third-order valence-corrected chi connectivity index (χ3v) is 4.05. The summed E-state index contributed by atoms with van der Waals surface area (Å²) < 4.78 is 6.66. The maximum Gasteiger partial charge on any atom is 0.206 e. The van der Waals surface area contributed by atoms with E-state index >= 15 is 0 Å². The van der Waals surface area contributed by atoms with Crippen LogP contribution in [-0.2, 0) is 0 Å². The van der Waals surface area contributed by atoms with Crippen LogP contribution in [0.15, 0.2) is 67.1 Å². The molecule has 0 amide bonds. The van der Waals surface area contributed by atoms with Gasteiger partial charge in [-0.2, -0.15) is 0 Å². The zero-order valence-electron chi connectivity index (χ0n) is 12.1. The van der Waals surface area contributed by atoms with Gasteiger partial charge in [0.2, 0.25) is 5.82 Å². The highest BCUT2D eigenvalue weighted by atomic mass is 79.9. The lowest BCUT2D eigenvalue weighted by atomic mass is 10.3. The minimum absolute atomic E-state index is 0.109. The molecule has 0 unspecified atom stereocenters. The Morgan fingerprint density at radius 3 is 2.21 bits per heavy atom. The molecule has 0 saturated heterocycles. The summed E-state index contributed by atoms with van der Waals surface area (Å²) in [5, 5.41) is 20.1. The largest absolute Gasteiger partial charge is 0.335 e. The smallest absolute Gasteiger partial charge is 0.206 e. The number of hydrogen-bond donors (Lipinski definition) is 3. The third kappa shape index (κ3) is 3.99. The van der Waals surface area contributed by atoms with Gasteiger partial charge in [0.05, 0.1) is 5.69 Å². The minimum Gasteiger partial charge on any atom is -0.335 e. The lowest BCUT2D eigenvalue weighted by Gasteiger charge is -2.06. The molecule has 3 aromatic rings. The number of hydroxylamine groups is 1. The van der Waals surface area contributed by atoms with E-state index in [9.17, 15) is 5.21 Å². The Kier molecular flexibility index (Phi) is 5.24. The molecule has 9 heteroatoms. The van der Waals surface area contributed by atoms with Gasteiger partial charge < -0.3 is 5.32 Å². The predicted octanol–water partition coefficient (Wildman–Crippen LogP) is 4.40. The lowest BCUT2D eigenvalue weighted by Crippen LogP contribution is -2.21. The molecule has 1 heterocycles. The Morgan fingerprint density at radius 2 is 1.58 bits per heavy atom. The van der Waals surface area contributed by atoms with Gasteiger partial charge in [0.15, 0.2) is 11.5 Å². The van der Waals surface area contributed by atoms with Crippen molar-refractivity contribution in [2.24, 2.45) is 4.99 Å². The highest BCUT2D eigenvalue weighted by Crippen LogP contribution is 2.22. The van der Waals surface area contributed by atoms with Gasteiger partial charge in [-0.25, -0.2) is 9.62 Å². The molecule has 0 aliphatic heterocycles. The Labute approximate surface area is 154 Å². The fourth-order valence-electron chi connectivity index (χ4n) is 1.87. The summed E-state index contributed by atoms with van der Waals surface area (Å²) in [7, 11) is 0. The summed E-state index contributed by atoms with van der Waals surface area (Å²) in [6.07, 6.45) is 0. The second kappa shape index (κ2) is 7.56. The summed E-state index contributed by atoms with van der Waals surface area (Å²) in [5.41, 5.74) is 3.70. The van der Waals surface area contributed by atoms with Crippen LogP contribution in [0.1, 0.15) is 5.69 Å². The van der Waals surface area contributed by atoms with Gasteiger partial charge in [0, 0.05) is 14.6 Å². The molecular weight excluding hydrogens is 442 g/mol. The van der Waals surface area contributed by atoms with Gasteiger partial charge in [-0.15, -0.1) is 0 Å². The molecular formula is C15H11Br2N5O2. The van der Waals surface area contributed by atoms with E-state index in [1.807, 2.05) is 41.9 Å². The van der Waals surface area contributed by atoms with Crippen molar-refractivity contribution in [3.63, 3.8) is 0 Å². The van der Waals surface area contributed by atoms with Gasteiger partial charge in [-0.3, -0.25) is 10.7 Å². The van der Waals surface area contributed by atoms with Crippen LogP contribution < -0.4 is 10.8 Å². The molecule has 0 spiro atoms. The number of rotatable bonds is 4. The number of nitrogens with one attached hydrogen (secondary N) is 2. The summed E-state index contributed by atoms with van der Waals surface area (Å²) in [5.74, 6) is 0.438. The Morgan fingerprint density at radius 1 is 0.958 bits per heavy atom. The van der Waals surface area contributed by atoms with Crippen molar-refractivity contribution < 1.29 is 9.84 Å². The van der Waals surface area contributed by atoms with E-state index in [0.29, 0.717) is 11.5 Å². The van der Waals surface area contributed by atoms with E-state index in [-0.39, 0.29) is 11.5 Å². The van der Waals surface area contributed by atoms with E-state index < -0.39 is 0 Å². The quantitative estimate of drug-likeness (QED) is 0.308. The zero-order chi connectivity index (χ0) is 16.9. The maximum atomic E-state index is 9.41. The number of halogens is 2. The first-order chi connectivity index (χ1) is 11.7. The minimum atomic E-state index is 0.109. The van der Waals surface area contributed by atoms with Crippen molar-refractivity contribution in [1.29, 1.82) is 0 Å². The first-order valence-corrected chi connectivity index (χ1v) is 8.34. The van der Waals surface area contributed by atoms with Gasteiger partial charge in [-0.05, 0) is 58.8 Å². The summed E-state index contributed by atoms with van der Waals surface area (Å²) in [6, 6.07) is 14.8. The fraction of sp³-hybridized carbons (Fsp3) is 0. The van der Waals surface area contributed by atoms with Crippen molar-refractivity contribution in [3.05, 3.63) is 63.2 Å². The van der Waals surface area contributed by atoms with E-state index in [1.54, 1.807) is 12.1 Å². The number of anilines is 2. The highest BCUT2D eigenvalue weighted by Gasteiger charge is 2.16. The van der Waals surface area contributed by atoms with Crippen LogP contribution in [0.25, 0.3) is 0 Å². The third-order valence-electron chi connectivity index (χ3n) is 2.99. The van der Waals surface area contributed by atoms with Crippen molar-refractivity contribution in [2.75, 3.05) is 5.32 Å². The highest BCUT2D eigenvalue weighted by molar-refractivity contribution is 9.10. The average molecular weight is 453 g/mol. The number of aliphatic imine (C=N–C) groups is 1. The first kappa shape index (κ1) is 16.6. The molecule has 2 aromatic carbocycles. The molecule has 0 bridgehead atoms. The van der Waals surface area contributed by atoms with E-state index in [2.05, 4.69) is 52.5 Å². The van der Waals surface area contributed by atoms with Gasteiger partial charge >= 0.3 is 0 Å². The number of hydrogen-bond acceptors (Lipinski definition) is 6. The van der Waals surface area contributed by atoms with E-state index in [1.165, 1.54) is 0 Å². The van der Waals surface area contributed by atoms with Crippen molar-refractivity contribution in [2.45, 2.75) is 0 Å². The topological polar surface area (TPSA) is 95.6 Å². The summed E-state index contributed by atoms with van der Waals surface area (Å²) >= 11 is 6.73. The van der Waals surface area contributed by atoms with Crippen LogP contribution >= 0.6 is 31.9 Å². The molecule has 0 atom stereocenters. The van der Waals surface area contributed by atoms with Gasteiger partial charge in [-0.1, -0.05) is 31.9 Å². The second-order valence-electron chi connectivity index (χ2n) is 4.64. The molecule has 0 saturated carbocycles. The second-order valence-corrected chi connectivity index (χ2v) is 6.47. The molecule has 122 valence electrons. The predicted molar refractivity (Wildman–Crippen MR) is 97.0 cm³/mol. The molecule has 0 aliphatic rings. The number of aromatic nitrogens is 2. The van der Waals surface area contributed by atoms with Crippen molar-refractivity contribution in [3.8, 4) is 0 Å². The maximum absolute atomic E-state index is 9.41. The fourth-order valence-corrected chi connectivity index (χ4v) is 2.40. The SMILES string of the molecule is ONC(=Nc1ccc(Br)cc1)c1nonc1Nc1ccc(Br)cc1. The molecule has 3 N–H and O–H groups in total. The molecule has 3 rings (SSSR count). The Bertz CT molecular complexity index is 847. The molecule has 0 fully saturated rings. The average Bonchev–Trinajstić information content (AvgIpc) is 3.04. The van der Waals surface area contributed by atoms with Crippen LogP contribution in [0.3, 0.4) is 0 Å². The summed E-state index contributed by atoms with van der Waals surface area (Å²) in [6.45, 7) is 0. The Hall–Kier alpha value is -2.23. The van der Waals surface area contributed by atoms with Gasteiger partial charge in [0.25, 0.3) is 0 Å². The Balaban J connectivity index is 1.89. The normalized spacial score (nSPS) is 11.4. The molecule has 1 aromatic heterocycles. The number of nitrogens with zero attached hydrogens (tertiary/aromatic N) is 3. The number of benzene rings is 2. The van der Waals surface area contributed by atoms with Crippen molar-refractivity contribution >= 4 is 54.9 Å². The van der Waals surface area contributed by atoms with Gasteiger partial charge in [0.1, 0.15) is 0 Å². The van der Waals surface area contributed by atoms with E-state index in [4.69, 9.17) is 4.63 Å². The number of amidine groups is 1. The standard InChI is InChI=1S/C15H11Br2N5O2/c16-9-1-5-11(6-2-9)18-14(20-23)13-15(22-24-21-13)19-12-7-3-10(17)4-8-12/h1-8,23H,(H,18,20)(H,19,22). The van der Waals surface area contributed by atoms with E-state index in [0.717, 1.165) is 14.6 Å². The molecule has 24 heavy (non-hydrogen) atoms. The monoisotopic (exact) mass is 451 g/mol. The molecule has 0 aliphatic carbocycles. The van der Waals surface area contributed by atoms with Crippen LogP contribution in [0.4, 0.5) is 17.2 Å². The first-order valence-electron chi connectivity index (χ1n) is 6.75.